The van der Waals surface area contributed by atoms with Crippen LogP contribution >= 0.6 is 11.6 Å². The molecule has 0 saturated carbocycles. The average molecular weight is 414 g/mol. The van der Waals surface area contributed by atoms with Crippen molar-refractivity contribution in [1.82, 2.24) is 14.9 Å². The number of fused-ring (bicyclic) bond motifs is 1. The van der Waals surface area contributed by atoms with E-state index in [0.29, 0.717) is 18.2 Å². The number of halogens is 1. The number of nitrogens with one attached hydrogen (secondary N) is 1. The summed E-state index contributed by atoms with van der Waals surface area (Å²) in [5.74, 6) is 1.83. The summed E-state index contributed by atoms with van der Waals surface area (Å²) in [4.78, 5) is 17.1. The minimum Gasteiger partial charge on any atom is -0.494 e. The Kier molecular flexibility index (Phi) is 7.53. The van der Waals surface area contributed by atoms with Crippen LogP contribution in [-0.4, -0.2) is 22.1 Å². The first-order valence-corrected chi connectivity index (χ1v) is 10.6. The third kappa shape index (κ3) is 5.51. The molecule has 0 radical (unpaired) electrons. The Bertz CT molecular complexity index is 933. The number of amides is 1. The largest absolute Gasteiger partial charge is 0.494 e. The van der Waals surface area contributed by atoms with Gasteiger partial charge < -0.3 is 14.6 Å². The van der Waals surface area contributed by atoms with Crippen LogP contribution in [0.4, 0.5) is 0 Å². The van der Waals surface area contributed by atoms with Crippen LogP contribution < -0.4 is 10.1 Å². The van der Waals surface area contributed by atoms with E-state index < -0.39 is 0 Å². The summed E-state index contributed by atoms with van der Waals surface area (Å²) in [6.45, 7) is 5.88. The lowest BCUT2D eigenvalue weighted by Crippen LogP contribution is -2.30. The number of rotatable bonds is 10. The molecule has 0 bridgehead atoms. The maximum atomic E-state index is 12.4. The fraction of sp³-hybridized carbons (Fsp3) is 0.391. The second-order valence-electron chi connectivity index (χ2n) is 7.06. The lowest BCUT2D eigenvalue weighted by atomic mass is 10.0. The van der Waals surface area contributed by atoms with Crippen molar-refractivity contribution in [1.29, 1.82) is 0 Å². The zero-order valence-electron chi connectivity index (χ0n) is 17.0. The van der Waals surface area contributed by atoms with E-state index in [9.17, 15) is 4.79 Å². The predicted octanol–water partition coefficient (Wildman–Crippen LogP) is 5.21. The van der Waals surface area contributed by atoms with E-state index in [1.165, 1.54) is 0 Å². The van der Waals surface area contributed by atoms with Gasteiger partial charge in [0.15, 0.2) is 0 Å². The molecule has 0 aliphatic heterocycles. The number of hydrogen-bond acceptors (Lipinski definition) is 3. The van der Waals surface area contributed by atoms with Crippen molar-refractivity contribution in [3.63, 3.8) is 0 Å². The van der Waals surface area contributed by atoms with Gasteiger partial charge in [0.2, 0.25) is 5.91 Å². The molecule has 154 valence electrons. The van der Waals surface area contributed by atoms with Crippen LogP contribution in [0.1, 0.15) is 38.9 Å². The molecule has 3 aromatic rings. The molecule has 0 spiro atoms. The molecule has 1 N–H and O–H groups in total. The van der Waals surface area contributed by atoms with Crippen LogP contribution in [0, 0.1) is 5.92 Å². The maximum Gasteiger partial charge on any atom is 0.223 e. The Balaban J connectivity index is 1.64. The highest BCUT2D eigenvalue weighted by molar-refractivity contribution is 6.30. The van der Waals surface area contributed by atoms with Crippen LogP contribution in [-0.2, 0) is 17.9 Å². The number of aryl methyl sites for hydroxylation is 1. The number of imidazole rings is 1. The number of benzene rings is 2. The van der Waals surface area contributed by atoms with Crippen LogP contribution in [0.3, 0.4) is 0 Å². The highest BCUT2D eigenvalue weighted by atomic mass is 35.5. The minimum absolute atomic E-state index is 0.0561. The fourth-order valence-electron chi connectivity index (χ4n) is 3.42. The number of hydrogen-bond donors (Lipinski definition) is 1. The van der Waals surface area contributed by atoms with E-state index in [1.807, 2.05) is 56.3 Å². The van der Waals surface area contributed by atoms with E-state index in [0.717, 1.165) is 48.4 Å². The standard InChI is InChI=1S/C23H28ClN3O2/c1-3-17(4-2)23(28)25-16-22-26-20-8-5-6-9-21(20)27(22)14-7-15-29-19-12-10-18(24)11-13-19/h5-6,8-13,17H,3-4,7,14-16H2,1-2H3,(H,25,28). The summed E-state index contributed by atoms with van der Waals surface area (Å²) < 4.78 is 7.98. The number of aromatic nitrogens is 2. The molecule has 0 aliphatic carbocycles. The van der Waals surface area contributed by atoms with Crippen LogP contribution in [0.5, 0.6) is 5.75 Å². The van der Waals surface area contributed by atoms with Crippen molar-refractivity contribution in [2.24, 2.45) is 5.92 Å². The normalized spacial score (nSPS) is 11.2. The Hall–Kier alpha value is -2.53. The monoisotopic (exact) mass is 413 g/mol. The van der Waals surface area contributed by atoms with E-state index >= 15 is 0 Å². The zero-order chi connectivity index (χ0) is 20.6. The molecule has 0 atom stereocenters. The molecular weight excluding hydrogens is 386 g/mol. The first-order valence-electron chi connectivity index (χ1n) is 10.2. The van der Waals surface area contributed by atoms with Crippen molar-refractivity contribution in [3.8, 4) is 5.75 Å². The molecule has 2 aromatic carbocycles. The summed E-state index contributed by atoms with van der Waals surface area (Å²) in [7, 11) is 0. The Morgan fingerprint density at radius 3 is 2.59 bits per heavy atom. The van der Waals surface area contributed by atoms with Crippen LogP contribution in [0.25, 0.3) is 11.0 Å². The molecule has 5 nitrogen and oxygen atoms in total. The molecule has 6 heteroatoms. The summed E-state index contributed by atoms with van der Waals surface area (Å²) in [6, 6.07) is 15.4. The van der Waals surface area contributed by atoms with Crippen molar-refractivity contribution in [2.75, 3.05) is 6.61 Å². The predicted molar refractivity (Wildman–Crippen MR) is 117 cm³/mol. The van der Waals surface area contributed by atoms with Crippen LogP contribution in [0.2, 0.25) is 5.02 Å². The number of carbonyl (C=O) groups excluding carboxylic acids is 1. The van der Waals surface area contributed by atoms with Gasteiger partial charge >= 0.3 is 0 Å². The van der Waals surface area contributed by atoms with Gasteiger partial charge in [-0.2, -0.15) is 0 Å². The molecular formula is C23H28ClN3O2. The third-order valence-corrected chi connectivity index (χ3v) is 5.37. The Labute approximate surface area is 177 Å². The molecule has 1 heterocycles. The van der Waals surface area contributed by atoms with Crippen LogP contribution in [0.15, 0.2) is 48.5 Å². The van der Waals surface area contributed by atoms with Gasteiger partial charge in [0.25, 0.3) is 0 Å². The SMILES string of the molecule is CCC(CC)C(=O)NCc1nc2ccccc2n1CCCOc1ccc(Cl)cc1. The Morgan fingerprint density at radius 1 is 1.14 bits per heavy atom. The van der Waals surface area contributed by atoms with Crippen molar-refractivity contribution < 1.29 is 9.53 Å². The van der Waals surface area contributed by atoms with Gasteiger partial charge in [-0.05, 0) is 55.7 Å². The highest BCUT2D eigenvalue weighted by Gasteiger charge is 2.16. The average Bonchev–Trinajstić information content (AvgIpc) is 3.09. The number of nitrogens with zero attached hydrogens (tertiary/aromatic N) is 2. The van der Waals surface area contributed by atoms with Crippen molar-refractivity contribution in [2.45, 2.75) is 46.2 Å². The number of para-hydroxylation sites is 2. The first kappa shape index (κ1) is 21.2. The number of ether oxygens (including phenoxy) is 1. The van der Waals surface area contributed by atoms with E-state index in [1.54, 1.807) is 0 Å². The van der Waals surface area contributed by atoms with Gasteiger partial charge in [-0.1, -0.05) is 37.6 Å². The third-order valence-electron chi connectivity index (χ3n) is 5.12. The molecule has 0 fully saturated rings. The second-order valence-corrected chi connectivity index (χ2v) is 7.49. The zero-order valence-corrected chi connectivity index (χ0v) is 17.8. The lowest BCUT2D eigenvalue weighted by molar-refractivity contribution is -0.125. The van der Waals surface area contributed by atoms with Gasteiger partial charge in [-0.15, -0.1) is 0 Å². The van der Waals surface area contributed by atoms with E-state index in [2.05, 4.69) is 16.0 Å². The molecule has 0 saturated heterocycles. The van der Waals surface area contributed by atoms with Gasteiger partial charge in [0, 0.05) is 17.5 Å². The molecule has 0 aliphatic rings. The summed E-state index contributed by atoms with van der Waals surface area (Å²) in [5, 5.41) is 3.75. The first-order chi connectivity index (χ1) is 14.1. The topological polar surface area (TPSA) is 56.2 Å². The summed E-state index contributed by atoms with van der Waals surface area (Å²) >= 11 is 5.91. The smallest absolute Gasteiger partial charge is 0.223 e. The van der Waals surface area contributed by atoms with Crippen molar-refractivity contribution >= 4 is 28.5 Å². The fourth-order valence-corrected chi connectivity index (χ4v) is 3.55. The highest BCUT2D eigenvalue weighted by Crippen LogP contribution is 2.18. The van der Waals surface area contributed by atoms with E-state index in [4.69, 9.17) is 21.3 Å². The summed E-state index contributed by atoms with van der Waals surface area (Å²) in [6.07, 6.45) is 2.53. The quantitative estimate of drug-likeness (QED) is 0.464. The van der Waals surface area contributed by atoms with Crippen molar-refractivity contribution in [3.05, 3.63) is 59.4 Å². The summed E-state index contributed by atoms with van der Waals surface area (Å²) in [5.41, 5.74) is 2.02. The second kappa shape index (κ2) is 10.3. The lowest BCUT2D eigenvalue weighted by Gasteiger charge is -2.14. The molecule has 3 rings (SSSR count). The van der Waals surface area contributed by atoms with Gasteiger partial charge in [-0.3, -0.25) is 4.79 Å². The molecule has 0 unspecified atom stereocenters. The maximum absolute atomic E-state index is 12.4. The van der Waals surface area contributed by atoms with Gasteiger partial charge in [0.1, 0.15) is 11.6 Å². The molecule has 1 aromatic heterocycles. The van der Waals surface area contributed by atoms with Gasteiger partial charge in [0.05, 0.1) is 24.2 Å². The Morgan fingerprint density at radius 2 is 1.86 bits per heavy atom. The molecule has 1 amide bonds. The number of carbonyl (C=O) groups is 1. The minimum atomic E-state index is 0.0561. The van der Waals surface area contributed by atoms with Gasteiger partial charge in [-0.25, -0.2) is 4.98 Å². The molecule has 29 heavy (non-hydrogen) atoms. The van der Waals surface area contributed by atoms with E-state index in [-0.39, 0.29) is 11.8 Å².